The molecule has 5 atom stereocenters. The molecule has 3 aromatic carbocycles. The fourth-order valence-corrected chi connectivity index (χ4v) is 8.04. The highest BCUT2D eigenvalue weighted by Gasteiger charge is 2.51. The number of rotatable bonds is 13. The number of urea groups is 1. The first-order chi connectivity index (χ1) is 28.4. The number of amides is 3. The molecule has 3 amide bonds. The minimum atomic E-state index is -5.33. The molecule has 1 saturated heterocycles. The van der Waals surface area contributed by atoms with Crippen molar-refractivity contribution >= 4 is 58.3 Å². The first-order valence-corrected chi connectivity index (χ1v) is 20.4. The van der Waals surface area contributed by atoms with Crippen LogP contribution in [0.2, 0.25) is 0 Å². The fourth-order valence-electron chi connectivity index (χ4n) is 7.58. The minimum absolute atomic E-state index is 0.0615. The predicted molar refractivity (Wildman–Crippen MR) is 217 cm³/mol. The summed E-state index contributed by atoms with van der Waals surface area (Å²) in [7, 11) is 0. The number of nitrogens with one attached hydrogen (secondary N) is 4. The molecule has 2 aliphatic rings. The predicted octanol–water partition coefficient (Wildman–Crippen LogP) is 5.87. The van der Waals surface area contributed by atoms with E-state index in [4.69, 9.17) is 14.7 Å². The van der Waals surface area contributed by atoms with E-state index in [-0.39, 0.29) is 47.9 Å². The summed E-state index contributed by atoms with van der Waals surface area (Å²) in [4.78, 5) is 54.9. The highest BCUT2D eigenvalue weighted by molar-refractivity contribution is 7.98. The average Bonchev–Trinajstić information content (AvgIpc) is 3.96. The second-order valence-electron chi connectivity index (χ2n) is 14.4. The Hall–Kier alpha value is -5.88. The molecule has 7 rings (SSSR count). The number of halogens is 3. The number of fused-ring (bicyclic) bond motifs is 1. The number of carbonyl (C=O) groups is 3. The van der Waals surface area contributed by atoms with E-state index in [9.17, 15) is 32.7 Å². The molecule has 3 heterocycles. The van der Waals surface area contributed by atoms with Crippen LogP contribution in [0.1, 0.15) is 49.3 Å². The van der Waals surface area contributed by atoms with Crippen LogP contribution in [-0.4, -0.2) is 98.9 Å². The quantitative estimate of drug-likeness (QED) is 0.0710. The Bertz CT molecular complexity index is 2230. The summed E-state index contributed by atoms with van der Waals surface area (Å²) >= 11 is 1.56. The third-order valence-electron chi connectivity index (χ3n) is 10.5. The van der Waals surface area contributed by atoms with E-state index in [0.29, 0.717) is 37.6 Å². The molecule has 1 aliphatic carbocycles. The van der Waals surface area contributed by atoms with Crippen molar-refractivity contribution in [1.82, 2.24) is 30.2 Å². The summed E-state index contributed by atoms with van der Waals surface area (Å²) in [5.74, 6) is -2.44. The molecule has 0 bridgehead atoms. The first-order valence-electron chi connectivity index (χ1n) is 19.2. The zero-order chi connectivity index (χ0) is 41.7. The lowest BCUT2D eigenvalue weighted by Gasteiger charge is -2.25. The molecule has 5 aromatic rings. The lowest BCUT2D eigenvalue weighted by molar-refractivity contribution is -0.209. The first kappa shape index (κ1) is 41.3. The Labute approximate surface area is 342 Å². The third-order valence-corrected chi connectivity index (χ3v) is 11.3. The lowest BCUT2D eigenvalue weighted by Crippen LogP contribution is -2.45. The molecule has 310 valence electrons. The largest absolute Gasteiger partial charge is 0.490 e. The van der Waals surface area contributed by atoms with Crippen molar-refractivity contribution in [3.8, 4) is 0 Å². The number of aliphatic hydroxyl groups excluding tert-OH is 1. The number of aromatic nitrogens is 4. The van der Waals surface area contributed by atoms with E-state index in [1.54, 1.807) is 24.8 Å². The van der Waals surface area contributed by atoms with Gasteiger partial charge in [-0.05, 0) is 48.4 Å². The monoisotopic (exact) mass is 831 g/mol. The van der Waals surface area contributed by atoms with Gasteiger partial charge < -0.3 is 40.6 Å². The van der Waals surface area contributed by atoms with Gasteiger partial charge in [0.25, 0.3) is 0 Å². The maximum absolute atomic E-state index is 13.5. The van der Waals surface area contributed by atoms with Gasteiger partial charge in [0.05, 0.1) is 18.4 Å². The van der Waals surface area contributed by atoms with Gasteiger partial charge in [0.15, 0.2) is 23.1 Å². The van der Waals surface area contributed by atoms with Gasteiger partial charge in [0.2, 0.25) is 11.9 Å². The number of nitrogens with zero attached hydrogens (tertiary/aromatic N) is 5. The van der Waals surface area contributed by atoms with Crippen LogP contribution in [0.4, 0.5) is 35.4 Å². The van der Waals surface area contributed by atoms with Crippen LogP contribution in [-0.2, 0) is 14.3 Å². The van der Waals surface area contributed by atoms with Crippen LogP contribution in [0.3, 0.4) is 0 Å². The van der Waals surface area contributed by atoms with Crippen LogP contribution in [0.5, 0.6) is 0 Å². The van der Waals surface area contributed by atoms with Gasteiger partial charge in [-0.3, -0.25) is 4.79 Å². The van der Waals surface area contributed by atoms with Crippen molar-refractivity contribution in [1.29, 1.82) is 0 Å². The van der Waals surface area contributed by atoms with E-state index >= 15 is 0 Å². The van der Waals surface area contributed by atoms with Gasteiger partial charge in [-0.15, -0.1) is 11.8 Å². The molecule has 5 N–H and O–H groups in total. The Morgan fingerprint density at radius 1 is 0.983 bits per heavy atom. The number of aliphatic hydroxyl groups is 1. The van der Waals surface area contributed by atoms with Crippen LogP contribution in [0.25, 0.3) is 11.2 Å². The number of ether oxygens (including phenoxy) is 1. The van der Waals surface area contributed by atoms with Crippen molar-refractivity contribution in [3.05, 3.63) is 102 Å². The molecule has 14 nitrogen and oxygen atoms in total. The molecule has 59 heavy (non-hydrogen) atoms. The summed E-state index contributed by atoms with van der Waals surface area (Å²) in [5, 5.41) is 23.2. The van der Waals surface area contributed by atoms with Crippen LogP contribution in [0, 0.1) is 0 Å². The maximum atomic E-state index is 13.5. The molecule has 0 spiro atoms. The Balaban J connectivity index is 1.22. The summed E-state index contributed by atoms with van der Waals surface area (Å²) in [5.41, 5.74) is 3.22. The summed E-state index contributed by atoms with van der Waals surface area (Å²) in [6.07, 6.45) is -4.87. The van der Waals surface area contributed by atoms with E-state index in [1.807, 2.05) is 90.0 Å². The fraction of sp³-hybridized carbons (Fsp3) is 0.366. The Morgan fingerprint density at radius 3 is 2.36 bits per heavy atom. The van der Waals surface area contributed by atoms with E-state index in [1.165, 1.54) is 10.9 Å². The van der Waals surface area contributed by atoms with E-state index < -0.39 is 42.3 Å². The van der Waals surface area contributed by atoms with E-state index in [0.717, 1.165) is 16.0 Å². The highest BCUT2D eigenvalue weighted by atomic mass is 32.2. The Morgan fingerprint density at radius 2 is 1.69 bits per heavy atom. The van der Waals surface area contributed by atoms with Gasteiger partial charge in [-0.1, -0.05) is 73.7 Å². The van der Waals surface area contributed by atoms with Crippen molar-refractivity contribution in [2.75, 3.05) is 41.4 Å². The number of thioether (sulfide) groups is 1. The van der Waals surface area contributed by atoms with Crippen molar-refractivity contribution < 1.29 is 37.4 Å². The van der Waals surface area contributed by atoms with Crippen LogP contribution < -0.4 is 26.2 Å². The molecule has 2 aromatic heterocycles. The molecular weight excluding hydrogens is 788 g/mol. The summed E-state index contributed by atoms with van der Waals surface area (Å²) < 4.78 is 47.0. The van der Waals surface area contributed by atoms with Crippen molar-refractivity contribution in [2.24, 2.45) is 0 Å². The molecule has 0 radical (unpaired) electrons. The molecule has 2 fully saturated rings. The standard InChI is InChI=1S/C41H44F3N9O5S/c1-3-32(54)49-30-20-31(35(34(30)55)58-38(56)41(42,43)44)53-23-46-33-36(45-21-29(24-11-6-4-7-12-24)25-13-8-5-9-14-25)50-39(51-37(33)53)52-18-17-27(22-52)48-40(57)47-26-15-10-16-28(19-26)59-2/h4-16,19,23,27,29-31,34-35,55H,3,17-18,20-22H2,1-2H3,(H,49,54)(H,45,50,51)(H2,47,48,57)/t27-,30+,31-,34-,35+/m1/s1. The number of imidazole rings is 1. The van der Waals surface area contributed by atoms with Gasteiger partial charge in [-0.25, -0.2) is 14.6 Å². The maximum Gasteiger partial charge on any atom is 0.490 e. The molecule has 1 aliphatic heterocycles. The van der Waals surface area contributed by atoms with Crippen LogP contribution in [0.15, 0.2) is 96.2 Å². The highest BCUT2D eigenvalue weighted by Crippen LogP contribution is 2.38. The topological polar surface area (TPSA) is 176 Å². The molecular formula is C41H44F3N9O5S. The zero-order valence-electron chi connectivity index (χ0n) is 32.2. The number of benzene rings is 3. The van der Waals surface area contributed by atoms with Gasteiger partial charge >= 0.3 is 18.2 Å². The zero-order valence-corrected chi connectivity index (χ0v) is 33.0. The molecule has 18 heteroatoms. The van der Waals surface area contributed by atoms with E-state index in [2.05, 4.69) is 26.3 Å². The second kappa shape index (κ2) is 17.9. The number of hydrogen-bond donors (Lipinski definition) is 5. The van der Waals surface area contributed by atoms with Crippen molar-refractivity contribution in [2.45, 2.75) is 73.5 Å². The minimum Gasteiger partial charge on any atom is -0.451 e. The molecule has 1 saturated carbocycles. The number of esters is 1. The van der Waals surface area contributed by atoms with Gasteiger partial charge in [-0.2, -0.15) is 23.1 Å². The number of carbonyl (C=O) groups excluding carboxylic acids is 3. The van der Waals surface area contributed by atoms with Gasteiger partial charge in [0.1, 0.15) is 6.10 Å². The summed E-state index contributed by atoms with van der Waals surface area (Å²) in [6.45, 7) is 2.77. The third kappa shape index (κ3) is 9.54. The number of alkyl halides is 3. The Kier molecular flexibility index (Phi) is 12.6. The second-order valence-corrected chi connectivity index (χ2v) is 15.3. The SMILES string of the molecule is CCC(=O)N[C@H]1C[C@@H](n2cnc3c(NCC(c4ccccc4)c4ccccc4)nc(N4CC[C@@H](NC(=O)Nc5cccc(SC)c5)C4)nc32)[C@H](OC(=O)C(F)(F)F)[C@@H]1O. The molecule has 0 unspecified atom stereocenters. The number of hydrogen-bond acceptors (Lipinski definition) is 11. The van der Waals surface area contributed by atoms with Gasteiger partial charge in [0, 0.05) is 48.6 Å². The normalized spacial score (nSPS) is 20.5. The van der Waals surface area contributed by atoms with Crippen LogP contribution >= 0.6 is 11.8 Å². The summed E-state index contributed by atoms with van der Waals surface area (Å²) in [6, 6.07) is 24.5. The van der Waals surface area contributed by atoms with Crippen molar-refractivity contribution in [3.63, 3.8) is 0 Å². The average molecular weight is 832 g/mol. The lowest BCUT2D eigenvalue weighted by atomic mass is 9.91. The number of anilines is 3. The smallest absolute Gasteiger partial charge is 0.451 e.